The molecule has 0 fully saturated rings. The van der Waals surface area contributed by atoms with Gasteiger partial charge in [-0.2, -0.15) is 0 Å². The molecule has 0 aliphatic rings. The van der Waals surface area contributed by atoms with Crippen molar-refractivity contribution in [3.05, 3.63) is 40.9 Å². The molecule has 0 saturated carbocycles. The lowest BCUT2D eigenvalue weighted by molar-refractivity contribution is -0.115. The zero-order valence-corrected chi connectivity index (χ0v) is 12.9. The molecule has 0 aliphatic heterocycles. The third-order valence-electron chi connectivity index (χ3n) is 3.10. The number of hydrogen-bond donors (Lipinski definition) is 2. The first kappa shape index (κ1) is 14.3. The molecular formula is C14H14N4O3S. The fraction of sp³-hybridized carbons (Fsp3) is 0.214. The van der Waals surface area contributed by atoms with E-state index in [1.54, 1.807) is 13.0 Å². The molecule has 0 spiro atoms. The van der Waals surface area contributed by atoms with Gasteiger partial charge in [-0.3, -0.25) is 9.20 Å². The minimum Gasteiger partial charge on any atom is -0.464 e. The molecular weight excluding hydrogens is 304 g/mol. The summed E-state index contributed by atoms with van der Waals surface area (Å²) in [6.07, 6.45) is 3.84. The zero-order valence-electron chi connectivity index (χ0n) is 12.0. The molecule has 8 heteroatoms. The van der Waals surface area contributed by atoms with Crippen LogP contribution in [0.5, 0.6) is 0 Å². The SMILES string of the molecule is COC(=O)c1[nH]c(C)cc1NC(=O)Cc1cn2ccsc2n1. The number of aromatic amines is 1. The third kappa shape index (κ3) is 2.73. The van der Waals surface area contributed by atoms with Gasteiger partial charge < -0.3 is 15.0 Å². The summed E-state index contributed by atoms with van der Waals surface area (Å²) in [5.41, 5.74) is 2.09. The Morgan fingerprint density at radius 3 is 3.05 bits per heavy atom. The summed E-state index contributed by atoms with van der Waals surface area (Å²) in [5, 5.41) is 4.64. The molecule has 1 amide bonds. The van der Waals surface area contributed by atoms with Crippen LogP contribution in [0.25, 0.3) is 4.96 Å². The molecule has 114 valence electrons. The summed E-state index contributed by atoms with van der Waals surface area (Å²) in [7, 11) is 1.29. The highest BCUT2D eigenvalue weighted by atomic mass is 32.1. The Kier molecular flexibility index (Phi) is 3.68. The van der Waals surface area contributed by atoms with Crippen LogP contribution in [0.3, 0.4) is 0 Å². The van der Waals surface area contributed by atoms with Gasteiger partial charge in [-0.05, 0) is 13.0 Å². The van der Waals surface area contributed by atoms with Gasteiger partial charge in [-0.1, -0.05) is 0 Å². The Balaban J connectivity index is 1.74. The molecule has 3 aromatic heterocycles. The van der Waals surface area contributed by atoms with Gasteiger partial charge in [-0.25, -0.2) is 9.78 Å². The second-order valence-electron chi connectivity index (χ2n) is 4.78. The van der Waals surface area contributed by atoms with Crippen LogP contribution in [0.2, 0.25) is 0 Å². The highest BCUT2D eigenvalue weighted by Gasteiger charge is 2.17. The van der Waals surface area contributed by atoms with E-state index in [2.05, 4.69) is 20.0 Å². The third-order valence-corrected chi connectivity index (χ3v) is 3.87. The van der Waals surface area contributed by atoms with E-state index in [0.29, 0.717) is 11.4 Å². The van der Waals surface area contributed by atoms with Crippen LogP contribution in [-0.4, -0.2) is 33.4 Å². The summed E-state index contributed by atoms with van der Waals surface area (Å²) in [6.45, 7) is 1.80. The lowest BCUT2D eigenvalue weighted by Gasteiger charge is -2.04. The maximum absolute atomic E-state index is 12.1. The number of thiazole rings is 1. The number of carbonyl (C=O) groups is 2. The standard InChI is InChI=1S/C14H14N4O3S/c1-8-5-10(12(15-8)13(20)21-2)17-11(19)6-9-7-18-3-4-22-14(18)16-9/h3-5,7,15H,6H2,1-2H3,(H,17,19). The molecule has 0 saturated heterocycles. The number of esters is 1. The number of H-pyrrole nitrogens is 1. The largest absolute Gasteiger partial charge is 0.464 e. The fourth-order valence-corrected chi connectivity index (χ4v) is 2.89. The zero-order chi connectivity index (χ0) is 15.7. The van der Waals surface area contributed by atoms with Gasteiger partial charge in [0.05, 0.1) is 24.9 Å². The number of fused-ring (bicyclic) bond motifs is 1. The number of ether oxygens (including phenoxy) is 1. The van der Waals surface area contributed by atoms with E-state index in [4.69, 9.17) is 0 Å². The second kappa shape index (κ2) is 5.64. The molecule has 0 bridgehead atoms. The van der Waals surface area contributed by atoms with Crippen LogP contribution in [0.4, 0.5) is 5.69 Å². The summed E-state index contributed by atoms with van der Waals surface area (Å²) in [4.78, 5) is 31.9. The van der Waals surface area contributed by atoms with Crippen molar-refractivity contribution in [2.24, 2.45) is 0 Å². The van der Waals surface area contributed by atoms with E-state index in [1.807, 2.05) is 22.2 Å². The van der Waals surface area contributed by atoms with Crippen molar-refractivity contribution in [1.29, 1.82) is 0 Å². The number of aromatic nitrogens is 3. The van der Waals surface area contributed by atoms with Gasteiger partial charge in [-0.15, -0.1) is 11.3 Å². The van der Waals surface area contributed by atoms with E-state index in [9.17, 15) is 9.59 Å². The summed E-state index contributed by atoms with van der Waals surface area (Å²) < 4.78 is 6.55. The lowest BCUT2D eigenvalue weighted by Crippen LogP contribution is -2.16. The number of amides is 1. The molecule has 3 aromatic rings. The average Bonchev–Trinajstić information content (AvgIpc) is 3.12. The fourth-order valence-electron chi connectivity index (χ4n) is 2.17. The van der Waals surface area contributed by atoms with Crippen molar-refractivity contribution in [2.45, 2.75) is 13.3 Å². The highest BCUT2D eigenvalue weighted by Crippen LogP contribution is 2.18. The van der Waals surface area contributed by atoms with Crippen molar-refractivity contribution >= 4 is 33.9 Å². The van der Waals surface area contributed by atoms with Gasteiger partial charge in [0.15, 0.2) is 4.96 Å². The summed E-state index contributed by atoms with van der Waals surface area (Å²) in [5.74, 6) is -0.763. The molecule has 0 aromatic carbocycles. The molecule has 0 aliphatic carbocycles. The Labute approximate surface area is 129 Å². The maximum atomic E-state index is 12.1. The molecule has 3 rings (SSSR count). The molecule has 0 atom stereocenters. The van der Waals surface area contributed by atoms with Crippen LogP contribution in [0.15, 0.2) is 23.8 Å². The van der Waals surface area contributed by atoms with E-state index < -0.39 is 5.97 Å². The Hall–Kier alpha value is -2.61. The lowest BCUT2D eigenvalue weighted by atomic mass is 10.3. The number of aryl methyl sites for hydroxylation is 1. The van der Waals surface area contributed by atoms with E-state index in [-0.39, 0.29) is 18.0 Å². The van der Waals surface area contributed by atoms with E-state index in [0.717, 1.165) is 10.7 Å². The quantitative estimate of drug-likeness (QED) is 0.720. The van der Waals surface area contributed by atoms with Crippen LogP contribution >= 0.6 is 11.3 Å². The second-order valence-corrected chi connectivity index (χ2v) is 5.66. The molecule has 3 heterocycles. The minimum atomic E-state index is -0.522. The molecule has 7 nitrogen and oxygen atoms in total. The highest BCUT2D eigenvalue weighted by molar-refractivity contribution is 7.15. The number of carbonyl (C=O) groups excluding carboxylic acids is 2. The first-order valence-corrected chi connectivity index (χ1v) is 7.43. The number of nitrogens with one attached hydrogen (secondary N) is 2. The number of rotatable bonds is 4. The Morgan fingerprint density at radius 2 is 2.32 bits per heavy atom. The van der Waals surface area contributed by atoms with Gasteiger partial charge in [0.2, 0.25) is 5.91 Å². The van der Waals surface area contributed by atoms with Crippen molar-refractivity contribution in [3.63, 3.8) is 0 Å². The Bertz CT molecular complexity index is 817. The average molecular weight is 318 g/mol. The normalized spacial score (nSPS) is 10.8. The number of imidazole rings is 1. The van der Waals surface area contributed by atoms with Crippen LogP contribution in [0, 0.1) is 6.92 Å². The monoisotopic (exact) mass is 318 g/mol. The van der Waals surface area contributed by atoms with Crippen molar-refractivity contribution in [2.75, 3.05) is 12.4 Å². The minimum absolute atomic E-state index is 0.138. The number of methoxy groups -OCH3 is 1. The smallest absolute Gasteiger partial charge is 0.356 e. The summed E-state index contributed by atoms with van der Waals surface area (Å²) >= 11 is 1.51. The molecule has 22 heavy (non-hydrogen) atoms. The van der Waals surface area contributed by atoms with Crippen molar-refractivity contribution < 1.29 is 14.3 Å². The topological polar surface area (TPSA) is 88.5 Å². The maximum Gasteiger partial charge on any atom is 0.356 e. The molecule has 0 unspecified atom stereocenters. The van der Waals surface area contributed by atoms with Gasteiger partial charge in [0.1, 0.15) is 5.69 Å². The molecule has 2 N–H and O–H groups in total. The van der Waals surface area contributed by atoms with Gasteiger partial charge >= 0.3 is 5.97 Å². The van der Waals surface area contributed by atoms with Crippen molar-refractivity contribution in [1.82, 2.24) is 14.4 Å². The summed E-state index contributed by atoms with van der Waals surface area (Å²) in [6, 6.07) is 1.69. The van der Waals surface area contributed by atoms with Gasteiger partial charge in [0, 0.05) is 23.5 Å². The number of hydrogen-bond acceptors (Lipinski definition) is 5. The number of anilines is 1. The van der Waals surface area contributed by atoms with Crippen LogP contribution < -0.4 is 5.32 Å². The Morgan fingerprint density at radius 1 is 1.50 bits per heavy atom. The van der Waals surface area contributed by atoms with Crippen molar-refractivity contribution in [3.8, 4) is 0 Å². The van der Waals surface area contributed by atoms with Crippen LogP contribution in [-0.2, 0) is 16.0 Å². The predicted octanol–water partition coefficient (Wildman–Crippen LogP) is 2.00. The first-order chi connectivity index (χ1) is 10.6. The van der Waals surface area contributed by atoms with Crippen LogP contribution in [0.1, 0.15) is 21.9 Å². The van der Waals surface area contributed by atoms with E-state index >= 15 is 0 Å². The predicted molar refractivity (Wildman–Crippen MR) is 82.3 cm³/mol. The van der Waals surface area contributed by atoms with E-state index in [1.165, 1.54) is 18.4 Å². The van der Waals surface area contributed by atoms with Gasteiger partial charge in [0.25, 0.3) is 0 Å². The number of nitrogens with zero attached hydrogens (tertiary/aromatic N) is 2. The molecule has 0 radical (unpaired) electrons. The first-order valence-electron chi connectivity index (χ1n) is 6.55.